The van der Waals surface area contributed by atoms with Crippen LogP contribution in [0.15, 0.2) is 60.7 Å². The number of hydrogen-bond acceptors (Lipinski definition) is 4. The first kappa shape index (κ1) is 20.4. The van der Waals surface area contributed by atoms with Crippen molar-refractivity contribution in [2.75, 3.05) is 31.5 Å². The Bertz CT molecular complexity index is 1040. The zero-order valence-electron chi connectivity index (χ0n) is 17.6. The minimum Gasteiger partial charge on any atom is -0.497 e. The highest BCUT2D eigenvalue weighted by Gasteiger charge is 2.23. The number of aryl methyl sites for hydroxylation is 1. The van der Waals surface area contributed by atoms with Crippen molar-refractivity contribution in [2.24, 2.45) is 0 Å². The van der Waals surface area contributed by atoms with E-state index < -0.39 is 0 Å². The van der Waals surface area contributed by atoms with E-state index in [1.165, 1.54) is 16.8 Å². The van der Waals surface area contributed by atoms with Gasteiger partial charge in [0.1, 0.15) is 11.5 Å². The minimum atomic E-state index is 0.294. The Morgan fingerprint density at radius 3 is 2.67 bits per heavy atom. The van der Waals surface area contributed by atoms with Crippen LogP contribution < -0.4 is 19.7 Å². The molecule has 0 aromatic heterocycles. The summed E-state index contributed by atoms with van der Waals surface area (Å²) in [6, 6.07) is 20.9. The topological polar surface area (TPSA) is 33.7 Å². The van der Waals surface area contributed by atoms with Crippen LogP contribution in [0, 0.1) is 0 Å². The smallest absolute Gasteiger partial charge is 0.127 e. The molecule has 30 heavy (non-hydrogen) atoms. The average molecular weight is 423 g/mol. The Morgan fingerprint density at radius 1 is 1.03 bits per heavy atom. The van der Waals surface area contributed by atoms with Crippen molar-refractivity contribution < 1.29 is 9.47 Å². The first-order valence-electron chi connectivity index (χ1n) is 10.1. The van der Waals surface area contributed by atoms with Crippen molar-refractivity contribution in [1.82, 2.24) is 0 Å². The van der Waals surface area contributed by atoms with Crippen LogP contribution in [0.25, 0.3) is 0 Å². The van der Waals surface area contributed by atoms with Gasteiger partial charge < -0.3 is 19.7 Å². The lowest BCUT2D eigenvalue weighted by Crippen LogP contribution is -2.17. The van der Waals surface area contributed by atoms with Gasteiger partial charge in [0.2, 0.25) is 0 Å². The van der Waals surface area contributed by atoms with E-state index in [4.69, 9.17) is 21.1 Å². The average Bonchev–Trinajstić information content (AvgIpc) is 3.16. The molecule has 1 aliphatic rings. The van der Waals surface area contributed by atoms with Gasteiger partial charge in [-0.3, -0.25) is 0 Å². The molecule has 0 heterocycles. The Kier molecular flexibility index (Phi) is 6.05. The van der Waals surface area contributed by atoms with Gasteiger partial charge in [0.25, 0.3) is 0 Å². The van der Waals surface area contributed by atoms with E-state index in [-0.39, 0.29) is 0 Å². The number of nitrogens with zero attached hydrogens (tertiary/aromatic N) is 1. The molecule has 5 heteroatoms. The van der Waals surface area contributed by atoms with Crippen LogP contribution in [-0.2, 0) is 13.0 Å². The second-order valence-corrected chi connectivity index (χ2v) is 8.10. The maximum Gasteiger partial charge on any atom is 0.127 e. The molecule has 0 spiro atoms. The van der Waals surface area contributed by atoms with Gasteiger partial charge in [-0.25, -0.2) is 0 Å². The first-order chi connectivity index (χ1) is 14.6. The maximum atomic E-state index is 6.15. The lowest BCUT2D eigenvalue weighted by atomic mass is 10.1. The number of ether oxygens (including phenoxy) is 2. The van der Waals surface area contributed by atoms with Gasteiger partial charge in [0.05, 0.1) is 20.3 Å². The Hall–Kier alpha value is -2.85. The van der Waals surface area contributed by atoms with Crippen LogP contribution >= 0.6 is 11.6 Å². The number of anilines is 2. The summed E-state index contributed by atoms with van der Waals surface area (Å²) in [6.45, 7) is 0.748. The third kappa shape index (κ3) is 4.34. The van der Waals surface area contributed by atoms with Crippen LogP contribution in [0.5, 0.6) is 11.5 Å². The van der Waals surface area contributed by atoms with E-state index >= 15 is 0 Å². The molecule has 0 fully saturated rings. The second-order valence-electron chi connectivity index (χ2n) is 7.66. The molecule has 156 valence electrons. The predicted molar refractivity (Wildman–Crippen MR) is 124 cm³/mol. The van der Waals surface area contributed by atoms with Crippen molar-refractivity contribution >= 4 is 23.0 Å². The van der Waals surface area contributed by atoms with E-state index in [9.17, 15) is 0 Å². The first-order valence-corrected chi connectivity index (χ1v) is 10.5. The summed E-state index contributed by atoms with van der Waals surface area (Å²) in [5, 5.41) is 4.40. The predicted octanol–water partition coefficient (Wildman–Crippen LogP) is 6.09. The molecule has 3 aromatic carbocycles. The van der Waals surface area contributed by atoms with E-state index in [1.807, 2.05) is 30.3 Å². The van der Waals surface area contributed by atoms with E-state index in [0.717, 1.165) is 47.2 Å². The number of hydrogen-bond donors (Lipinski definition) is 1. The lowest BCUT2D eigenvalue weighted by molar-refractivity contribution is 0.391. The molecule has 1 atom stereocenters. The number of nitrogens with one attached hydrogen (secondary N) is 1. The van der Waals surface area contributed by atoms with Crippen LogP contribution in [-0.4, -0.2) is 21.3 Å². The summed E-state index contributed by atoms with van der Waals surface area (Å²) in [5.74, 6) is 1.63. The van der Waals surface area contributed by atoms with Gasteiger partial charge in [-0.1, -0.05) is 23.7 Å². The van der Waals surface area contributed by atoms with Gasteiger partial charge in [0, 0.05) is 41.6 Å². The normalized spacial score (nSPS) is 14.9. The Labute approximate surface area is 183 Å². The van der Waals surface area contributed by atoms with Crippen molar-refractivity contribution in [3.05, 3.63) is 82.4 Å². The molecule has 3 aromatic rings. The van der Waals surface area contributed by atoms with Gasteiger partial charge in [-0.2, -0.15) is 0 Å². The molecule has 0 saturated carbocycles. The summed E-state index contributed by atoms with van der Waals surface area (Å²) in [4.78, 5) is 2.25. The fourth-order valence-electron chi connectivity index (χ4n) is 4.09. The molecule has 0 aliphatic heterocycles. The molecule has 4 nitrogen and oxygen atoms in total. The zero-order valence-corrected chi connectivity index (χ0v) is 18.4. The third-order valence-electron chi connectivity index (χ3n) is 5.72. The Morgan fingerprint density at radius 2 is 1.90 bits per heavy atom. The van der Waals surface area contributed by atoms with Crippen LogP contribution in [0.3, 0.4) is 0 Å². The number of fused-ring (bicyclic) bond motifs is 1. The van der Waals surface area contributed by atoms with Gasteiger partial charge >= 0.3 is 0 Å². The summed E-state index contributed by atoms with van der Waals surface area (Å²) in [6.07, 6.45) is 2.17. The van der Waals surface area contributed by atoms with Crippen LogP contribution in [0.1, 0.15) is 29.2 Å². The van der Waals surface area contributed by atoms with Crippen molar-refractivity contribution in [2.45, 2.75) is 25.4 Å². The highest BCUT2D eigenvalue weighted by Crippen LogP contribution is 2.37. The van der Waals surface area contributed by atoms with E-state index in [2.05, 4.69) is 47.6 Å². The van der Waals surface area contributed by atoms with E-state index in [1.54, 1.807) is 14.2 Å². The van der Waals surface area contributed by atoms with Gasteiger partial charge in [-0.15, -0.1) is 0 Å². The minimum absolute atomic E-state index is 0.294. The number of benzene rings is 3. The highest BCUT2D eigenvalue weighted by molar-refractivity contribution is 6.30. The second kappa shape index (κ2) is 8.88. The van der Waals surface area contributed by atoms with Gasteiger partial charge in [0.15, 0.2) is 0 Å². The van der Waals surface area contributed by atoms with Crippen LogP contribution in [0.4, 0.5) is 11.4 Å². The number of rotatable bonds is 7. The lowest BCUT2D eigenvalue weighted by Gasteiger charge is -2.23. The molecular weight excluding hydrogens is 396 g/mol. The summed E-state index contributed by atoms with van der Waals surface area (Å²) >= 11 is 6.15. The summed E-state index contributed by atoms with van der Waals surface area (Å²) in [5.41, 5.74) is 6.14. The molecule has 1 unspecified atom stereocenters. The Balaban J connectivity index is 1.53. The number of halogens is 1. The fraction of sp³-hybridized carbons (Fsp3) is 0.280. The van der Waals surface area contributed by atoms with Crippen molar-refractivity contribution in [3.8, 4) is 11.5 Å². The van der Waals surface area contributed by atoms with Gasteiger partial charge in [-0.05, 0) is 66.4 Å². The molecule has 0 saturated heterocycles. The maximum absolute atomic E-state index is 6.15. The fourth-order valence-corrected chi connectivity index (χ4v) is 4.28. The molecule has 1 N–H and O–H groups in total. The molecular formula is C25H27ClN2O2. The zero-order chi connectivity index (χ0) is 21.1. The molecule has 0 radical (unpaired) electrons. The van der Waals surface area contributed by atoms with E-state index in [0.29, 0.717) is 6.04 Å². The van der Waals surface area contributed by atoms with Crippen molar-refractivity contribution in [1.29, 1.82) is 0 Å². The molecule has 4 rings (SSSR count). The highest BCUT2D eigenvalue weighted by atomic mass is 35.5. The number of methoxy groups -OCH3 is 2. The van der Waals surface area contributed by atoms with Crippen LogP contribution in [0.2, 0.25) is 5.02 Å². The SMILES string of the molecule is COc1ccc(CN(C)c2ccc3c(c2)C(Nc2cccc(Cl)c2)CC3)c(OC)c1. The summed E-state index contributed by atoms with van der Waals surface area (Å²) in [7, 11) is 5.47. The molecule has 0 amide bonds. The monoisotopic (exact) mass is 422 g/mol. The largest absolute Gasteiger partial charge is 0.497 e. The summed E-state index contributed by atoms with van der Waals surface area (Å²) < 4.78 is 10.9. The standard InChI is InChI=1S/C25H27ClN2O2/c1-28(16-18-8-11-22(29-2)15-25(18)30-3)21-10-7-17-9-12-24(23(17)14-21)27-20-6-4-5-19(26)13-20/h4-8,10-11,13-15,24,27H,9,12,16H2,1-3H3. The third-order valence-corrected chi connectivity index (χ3v) is 5.95. The molecule has 1 aliphatic carbocycles. The molecule has 0 bridgehead atoms. The quantitative estimate of drug-likeness (QED) is 0.499. The van der Waals surface area contributed by atoms with Crippen molar-refractivity contribution in [3.63, 3.8) is 0 Å².